The Morgan fingerprint density at radius 3 is 2.29 bits per heavy atom. The summed E-state index contributed by atoms with van der Waals surface area (Å²) in [5.41, 5.74) is 0.599. The molecule has 0 atom stereocenters. The Hall–Kier alpha value is -2.25. The van der Waals surface area contributed by atoms with Crippen LogP contribution in [-0.4, -0.2) is 36.6 Å². The summed E-state index contributed by atoms with van der Waals surface area (Å²) in [4.78, 5) is 15.5. The maximum atomic E-state index is 12.4. The van der Waals surface area contributed by atoms with E-state index in [0.29, 0.717) is 30.3 Å². The van der Waals surface area contributed by atoms with E-state index < -0.39 is 10.0 Å². The highest BCUT2D eigenvalue weighted by Gasteiger charge is 2.27. The lowest BCUT2D eigenvalue weighted by Gasteiger charge is -2.15. The summed E-state index contributed by atoms with van der Waals surface area (Å²) in [6.45, 7) is 2.61. The smallest absolute Gasteiger partial charge is 0.244 e. The van der Waals surface area contributed by atoms with E-state index in [0.717, 1.165) is 12.8 Å². The molecule has 1 aromatic heterocycles. The molecule has 0 spiro atoms. The van der Waals surface area contributed by atoms with Crippen molar-refractivity contribution >= 4 is 15.8 Å². The van der Waals surface area contributed by atoms with E-state index in [-0.39, 0.29) is 10.7 Å². The first-order valence-corrected chi connectivity index (χ1v) is 9.16. The topological polar surface area (TPSA) is 76.6 Å². The van der Waals surface area contributed by atoms with Crippen LogP contribution in [0.3, 0.4) is 0 Å². The number of Topliss-reactive ketones (excluding diaryl/α,β-unsaturated/α-hetero) is 1. The molecule has 3 rings (SSSR count). The molecule has 0 amide bonds. The van der Waals surface area contributed by atoms with Crippen molar-refractivity contribution in [2.24, 2.45) is 0 Å². The van der Waals surface area contributed by atoms with Crippen LogP contribution in [0.2, 0.25) is 0 Å². The van der Waals surface area contributed by atoms with Gasteiger partial charge in [0.05, 0.1) is 6.20 Å². The Balaban J connectivity index is 1.73. The quantitative estimate of drug-likeness (QED) is 0.778. The molecule has 1 aliphatic heterocycles. The van der Waals surface area contributed by atoms with E-state index in [9.17, 15) is 13.2 Å². The third kappa shape index (κ3) is 3.47. The van der Waals surface area contributed by atoms with Crippen molar-refractivity contribution in [3.05, 3.63) is 48.2 Å². The maximum Gasteiger partial charge on any atom is 0.244 e. The number of pyridine rings is 1. The summed E-state index contributed by atoms with van der Waals surface area (Å²) in [5.74, 6) is 0.810. The minimum atomic E-state index is -3.47. The average Bonchev–Trinajstić information content (AvgIpc) is 3.11. The number of aromatic nitrogens is 1. The van der Waals surface area contributed by atoms with Gasteiger partial charge in [-0.3, -0.25) is 4.79 Å². The second-order valence-electron chi connectivity index (χ2n) is 5.63. The molecule has 24 heavy (non-hydrogen) atoms. The molecule has 1 aliphatic rings. The van der Waals surface area contributed by atoms with Crippen molar-refractivity contribution in [3.63, 3.8) is 0 Å². The van der Waals surface area contributed by atoms with Gasteiger partial charge in [0.2, 0.25) is 15.9 Å². The molecule has 6 nitrogen and oxygen atoms in total. The number of ketones is 1. The minimum absolute atomic E-state index is 0.0175. The number of carbonyl (C=O) groups is 1. The van der Waals surface area contributed by atoms with Crippen LogP contribution < -0.4 is 4.74 Å². The summed E-state index contributed by atoms with van der Waals surface area (Å²) in [6, 6.07) is 9.72. The molecule has 2 heterocycles. The summed E-state index contributed by atoms with van der Waals surface area (Å²) < 4.78 is 31.9. The van der Waals surface area contributed by atoms with Gasteiger partial charge in [-0.05, 0) is 50.1 Å². The lowest BCUT2D eigenvalue weighted by molar-refractivity contribution is 0.101. The molecule has 0 N–H and O–H groups in total. The van der Waals surface area contributed by atoms with Crippen LogP contribution in [0.5, 0.6) is 11.6 Å². The largest absolute Gasteiger partial charge is 0.439 e. The van der Waals surface area contributed by atoms with Gasteiger partial charge in [0.15, 0.2) is 5.78 Å². The van der Waals surface area contributed by atoms with Gasteiger partial charge in [-0.2, -0.15) is 4.31 Å². The van der Waals surface area contributed by atoms with Gasteiger partial charge in [-0.1, -0.05) is 0 Å². The minimum Gasteiger partial charge on any atom is -0.439 e. The standard InChI is InChI=1S/C17H18N2O4S/c1-13(20)14-4-6-15(7-5-14)23-17-9-8-16(12-18-17)24(21,22)19-10-2-3-11-19/h4-9,12H,2-3,10-11H2,1H3. The SMILES string of the molecule is CC(=O)c1ccc(Oc2ccc(S(=O)(=O)N3CCCC3)cn2)cc1. The van der Waals surface area contributed by atoms with E-state index in [4.69, 9.17) is 4.74 Å². The second kappa shape index (κ2) is 6.70. The fourth-order valence-electron chi connectivity index (χ4n) is 2.54. The van der Waals surface area contributed by atoms with Gasteiger partial charge in [0.1, 0.15) is 10.6 Å². The predicted octanol–water partition coefficient (Wildman–Crippen LogP) is 2.86. The van der Waals surface area contributed by atoms with Crippen molar-refractivity contribution in [1.29, 1.82) is 0 Å². The van der Waals surface area contributed by atoms with Gasteiger partial charge in [-0.15, -0.1) is 0 Å². The average molecular weight is 346 g/mol. The van der Waals surface area contributed by atoms with Crippen molar-refractivity contribution in [2.75, 3.05) is 13.1 Å². The molecule has 0 radical (unpaired) electrons. The van der Waals surface area contributed by atoms with Crippen LogP contribution in [-0.2, 0) is 10.0 Å². The van der Waals surface area contributed by atoms with Crippen LogP contribution in [0.15, 0.2) is 47.5 Å². The van der Waals surface area contributed by atoms with E-state index >= 15 is 0 Å². The zero-order chi connectivity index (χ0) is 17.2. The molecular weight excluding hydrogens is 328 g/mol. The molecule has 0 unspecified atom stereocenters. The Labute approximate surface area is 141 Å². The van der Waals surface area contributed by atoms with Gasteiger partial charge < -0.3 is 4.74 Å². The van der Waals surface area contributed by atoms with Gasteiger partial charge in [0, 0.05) is 24.7 Å². The van der Waals surface area contributed by atoms with Gasteiger partial charge in [-0.25, -0.2) is 13.4 Å². The number of benzene rings is 1. The predicted molar refractivity (Wildman–Crippen MR) is 88.8 cm³/mol. The third-order valence-electron chi connectivity index (χ3n) is 3.90. The van der Waals surface area contributed by atoms with Crippen molar-refractivity contribution < 1.29 is 17.9 Å². The summed E-state index contributed by atoms with van der Waals surface area (Å²) >= 11 is 0. The number of hydrogen-bond donors (Lipinski definition) is 0. The van der Waals surface area contributed by atoms with Crippen molar-refractivity contribution in [2.45, 2.75) is 24.7 Å². The highest BCUT2D eigenvalue weighted by atomic mass is 32.2. The van der Waals surface area contributed by atoms with E-state index in [1.54, 1.807) is 24.3 Å². The monoisotopic (exact) mass is 346 g/mol. The van der Waals surface area contributed by atoms with E-state index in [1.165, 1.54) is 29.6 Å². The maximum absolute atomic E-state index is 12.4. The van der Waals surface area contributed by atoms with Crippen LogP contribution >= 0.6 is 0 Å². The van der Waals surface area contributed by atoms with E-state index in [1.807, 2.05) is 0 Å². The van der Waals surface area contributed by atoms with Crippen LogP contribution in [0.1, 0.15) is 30.1 Å². The van der Waals surface area contributed by atoms with Crippen LogP contribution in [0.25, 0.3) is 0 Å². The molecule has 1 saturated heterocycles. The molecular formula is C17H18N2O4S. The number of nitrogens with zero attached hydrogens (tertiary/aromatic N) is 2. The lowest BCUT2D eigenvalue weighted by atomic mass is 10.1. The third-order valence-corrected chi connectivity index (χ3v) is 5.78. The highest BCUT2D eigenvalue weighted by molar-refractivity contribution is 7.89. The molecule has 1 aromatic carbocycles. The summed E-state index contributed by atoms with van der Waals surface area (Å²) in [7, 11) is -3.47. The first-order valence-electron chi connectivity index (χ1n) is 7.72. The summed E-state index contributed by atoms with van der Waals surface area (Å²) in [5, 5.41) is 0. The summed E-state index contributed by atoms with van der Waals surface area (Å²) in [6.07, 6.45) is 3.10. The number of hydrogen-bond acceptors (Lipinski definition) is 5. The number of carbonyl (C=O) groups excluding carboxylic acids is 1. The van der Waals surface area contributed by atoms with Gasteiger partial charge >= 0.3 is 0 Å². The van der Waals surface area contributed by atoms with Crippen molar-refractivity contribution in [1.82, 2.24) is 9.29 Å². The molecule has 126 valence electrons. The zero-order valence-corrected chi connectivity index (χ0v) is 14.1. The highest BCUT2D eigenvalue weighted by Crippen LogP contribution is 2.24. The van der Waals surface area contributed by atoms with Crippen LogP contribution in [0, 0.1) is 0 Å². The number of rotatable bonds is 5. The fraction of sp³-hybridized carbons (Fsp3) is 0.294. The first-order chi connectivity index (χ1) is 11.5. The zero-order valence-electron chi connectivity index (χ0n) is 13.3. The Morgan fingerprint density at radius 1 is 1.08 bits per heavy atom. The number of ether oxygens (including phenoxy) is 1. The fourth-order valence-corrected chi connectivity index (χ4v) is 4.00. The molecule has 1 fully saturated rings. The Kier molecular flexibility index (Phi) is 4.64. The van der Waals surface area contributed by atoms with Gasteiger partial charge in [0.25, 0.3) is 0 Å². The Bertz CT molecular complexity index is 824. The molecule has 0 saturated carbocycles. The van der Waals surface area contributed by atoms with Crippen LogP contribution in [0.4, 0.5) is 0 Å². The van der Waals surface area contributed by atoms with Crippen molar-refractivity contribution in [3.8, 4) is 11.6 Å². The molecule has 0 aliphatic carbocycles. The molecule has 2 aromatic rings. The number of sulfonamides is 1. The first kappa shape index (κ1) is 16.6. The Morgan fingerprint density at radius 2 is 1.75 bits per heavy atom. The molecule has 0 bridgehead atoms. The second-order valence-corrected chi connectivity index (χ2v) is 7.56. The lowest BCUT2D eigenvalue weighted by Crippen LogP contribution is -2.27. The normalized spacial score (nSPS) is 15.4. The molecule has 7 heteroatoms. The van der Waals surface area contributed by atoms with E-state index in [2.05, 4.69) is 4.98 Å².